The van der Waals surface area contributed by atoms with Gasteiger partial charge in [-0.15, -0.1) is 6.42 Å². The average Bonchev–Trinajstić information content (AvgIpc) is 2.72. The molecule has 26 heavy (non-hydrogen) atoms. The highest BCUT2D eigenvalue weighted by molar-refractivity contribution is 5.73. The van der Waals surface area contributed by atoms with Crippen molar-refractivity contribution in [2.75, 3.05) is 6.61 Å². The summed E-state index contributed by atoms with van der Waals surface area (Å²) in [7, 11) is 0. The fourth-order valence-electron chi connectivity index (χ4n) is 3.51. The van der Waals surface area contributed by atoms with Gasteiger partial charge < -0.3 is 4.74 Å². The standard InChI is InChI=1S/C24H21O2/c1-2-16-25-20-14-12-19(13-15-20)24-17-22(18-8-4-3-5-9-18)21-10-6-7-11-23(21)26-24/h1,3-5,8-9,12-15,17H,6-7,10-11,16H2/q+1. The molecule has 0 amide bonds. The maximum atomic E-state index is 6.30. The van der Waals surface area contributed by atoms with Crippen LogP contribution in [-0.4, -0.2) is 6.61 Å². The van der Waals surface area contributed by atoms with Crippen LogP contribution in [0.1, 0.15) is 24.2 Å². The molecule has 128 valence electrons. The summed E-state index contributed by atoms with van der Waals surface area (Å²) >= 11 is 0. The van der Waals surface area contributed by atoms with Gasteiger partial charge in [0.1, 0.15) is 12.4 Å². The van der Waals surface area contributed by atoms with Crippen molar-refractivity contribution in [2.24, 2.45) is 0 Å². The molecule has 2 nitrogen and oxygen atoms in total. The highest BCUT2D eigenvalue weighted by Gasteiger charge is 2.27. The Morgan fingerprint density at radius 2 is 1.69 bits per heavy atom. The lowest BCUT2D eigenvalue weighted by atomic mass is 9.89. The van der Waals surface area contributed by atoms with Crippen molar-refractivity contribution in [2.45, 2.75) is 25.7 Å². The molecule has 1 aliphatic rings. The smallest absolute Gasteiger partial charge is 0.360 e. The second-order valence-electron chi connectivity index (χ2n) is 6.52. The number of benzene rings is 2. The van der Waals surface area contributed by atoms with Crippen molar-refractivity contribution in [1.82, 2.24) is 0 Å². The van der Waals surface area contributed by atoms with Crippen LogP contribution in [0.4, 0.5) is 0 Å². The lowest BCUT2D eigenvalue weighted by Crippen LogP contribution is -2.05. The summed E-state index contributed by atoms with van der Waals surface area (Å²) in [5.74, 6) is 5.27. The SMILES string of the molecule is C#CCOc1ccc(-c2cc(-c3ccccc3)c3c([o+]2)CCCC3)cc1. The first-order valence-corrected chi connectivity index (χ1v) is 9.06. The molecule has 0 unspecified atom stereocenters. The van der Waals surface area contributed by atoms with Gasteiger partial charge in [0.2, 0.25) is 0 Å². The second-order valence-corrected chi connectivity index (χ2v) is 6.52. The van der Waals surface area contributed by atoms with Crippen molar-refractivity contribution >= 4 is 0 Å². The van der Waals surface area contributed by atoms with Gasteiger partial charge in [-0.25, -0.2) is 4.42 Å². The van der Waals surface area contributed by atoms with Crippen molar-refractivity contribution in [1.29, 1.82) is 0 Å². The van der Waals surface area contributed by atoms with E-state index in [1.54, 1.807) is 0 Å². The van der Waals surface area contributed by atoms with Crippen LogP contribution in [0.5, 0.6) is 5.75 Å². The Balaban J connectivity index is 1.76. The summed E-state index contributed by atoms with van der Waals surface area (Å²) in [5.41, 5.74) is 4.94. The quantitative estimate of drug-likeness (QED) is 0.442. The predicted octanol–water partition coefficient (Wildman–Crippen LogP) is 5.79. The minimum atomic E-state index is 0.278. The summed E-state index contributed by atoms with van der Waals surface area (Å²) < 4.78 is 11.8. The van der Waals surface area contributed by atoms with Gasteiger partial charge >= 0.3 is 11.5 Å². The zero-order valence-electron chi connectivity index (χ0n) is 14.7. The molecule has 0 saturated carbocycles. The zero-order chi connectivity index (χ0) is 17.8. The Hall–Kier alpha value is -3.05. The molecule has 0 N–H and O–H groups in total. The Bertz CT molecular complexity index is 934. The number of hydrogen-bond donors (Lipinski definition) is 0. The van der Waals surface area contributed by atoms with Gasteiger partial charge in [0.25, 0.3) is 0 Å². The first-order valence-electron chi connectivity index (χ1n) is 9.06. The summed E-state index contributed by atoms with van der Waals surface area (Å²) in [6.07, 6.45) is 9.75. The van der Waals surface area contributed by atoms with Crippen LogP contribution in [0.25, 0.3) is 22.5 Å². The van der Waals surface area contributed by atoms with E-state index in [1.165, 1.54) is 29.5 Å². The molecule has 2 heteroatoms. The Kier molecular flexibility index (Phi) is 4.71. The third kappa shape index (κ3) is 3.34. The van der Waals surface area contributed by atoms with Gasteiger partial charge in [-0.05, 0) is 49.1 Å². The number of hydrogen-bond acceptors (Lipinski definition) is 1. The Morgan fingerprint density at radius 1 is 0.923 bits per heavy atom. The topological polar surface area (TPSA) is 20.5 Å². The fraction of sp³-hybridized carbons (Fsp3) is 0.208. The highest BCUT2D eigenvalue weighted by Crippen LogP contribution is 2.36. The van der Waals surface area contributed by atoms with Crippen LogP contribution in [0.3, 0.4) is 0 Å². The number of ether oxygens (including phenoxy) is 1. The van der Waals surface area contributed by atoms with E-state index < -0.39 is 0 Å². The van der Waals surface area contributed by atoms with Crippen molar-refractivity contribution in [3.8, 4) is 40.5 Å². The molecule has 0 fully saturated rings. The summed E-state index contributed by atoms with van der Waals surface area (Å²) in [4.78, 5) is 0. The fourth-order valence-corrected chi connectivity index (χ4v) is 3.51. The van der Waals surface area contributed by atoms with E-state index >= 15 is 0 Å². The normalized spacial score (nSPS) is 12.9. The molecular weight excluding hydrogens is 320 g/mol. The first kappa shape index (κ1) is 16.4. The summed E-state index contributed by atoms with van der Waals surface area (Å²) in [5, 5.41) is 0. The molecule has 0 spiro atoms. The number of terminal acetylenes is 1. The molecule has 1 heterocycles. The van der Waals surface area contributed by atoms with Gasteiger partial charge in [-0.3, -0.25) is 0 Å². The third-order valence-electron chi connectivity index (χ3n) is 4.80. The molecule has 0 radical (unpaired) electrons. The first-order chi connectivity index (χ1) is 12.8. The van der Waals surface area contributed by atoms with E-state index in [2.05, 4.69) is 42.3 Å². The minimum Gasteiger partial charge on any atom is -0.481 e. The maximum absolute atomic E-state index is 6.30. The minimum absolute atomic E-state index is 0.278. The Labute approximate surface area is 154 Å². The summed E-state index contributed by atoms with van der Waals surface area (Å²) in [6, 6.07) is 20.7. The monoisotopic (exact) mass is 341 g/mol. The molecular formula is C24H21O2+. The molecule has 4 rings (SSSR count). The van der Waals surface area contributed by atoms with Crippen LogP contribution in [0.2, 0.25) is 0 Å². The van der Waals surface area contributed by atoms with Crippen molar-refractivity contribution in [3.05, 3.63) is 72.0 Å². The van der Waals surface area contributed by atoms with Gasteiger partial charge in [-0.1, -0.05) is 36.3 Å². The average molecular weight is 341 g/mol. The van der Waals surface area contributed by atoms with Crippen molar-refractivity contribution in [3.63, 3.8) is 0 Å². The van der Waals surface area contributed by atoms with Gasteiger partial charge in [-0.2, -0.15) is 0 Å². The molecule has 2 aromatic carbocycles. The van der Waals surface area contributed by atoms with Gasteiger partial charge in [0, 0.05) is 5.56 Å². The van der Waals surface area contributed by atoms with Crippen LogP contribution < -0.4 is 4.74 Å². The van der Waals surface area contributed by atoms with E-state index in [-0.39, 0.29) is 6.61 Å². The van der Waals surface area contributed by atoms with Crippen LogP contribution in [0.15, 0.2) is 65.1 Å². The van der Waals surface area contributed by atoms with Crippen LogP contribution >= 0.6 is 0 Å². The molecule has 0 saturated heterocycles. The van der Waals surface area contributed by atoms with Gasteiger partial charge in [0.05, 0.1) is 23.6 Å². The van der Waals surface area contributed by atoms with E-state index in [1.807, 2.05) is 24.3 Å². The van der Waals surface area contributed by atoms with Crippen LogP contribution in [-0.2, 0) is 12.8 Å². The van der Waals surface area contributed by atoms with Crippen molar-refractivity contribution < 1.29 is 9.15 Å². The number of rotatable bonds is 4. The molecule has 3 aromatic rings. The van der Waals surface area contributed by atoms with E-state index in [4.69, 9.17) is 15.6 Å². The molecule has 0 bridgehead atoms. The Morgan fingerprint density at radius 3 is 2.46 bits per heavy atom. The lowest BCUT2D eigenvalue weighted by Gasteiger charge is -2.13. The number of fused-ring (bicyclic) bond motifs is 1. The summed E-state index contributed by atoms with van der Waals surface area (Å²) in [6.45, 7) is 0.278. The number of aryl methyl sites for hydroxylation is 1. The van der Waals surface area contributed by atoms with Gasteiger partial charge in [0.15, 0.2) is 0 Å². The lowest BCUT2D eigenvalue weighted by molar-refractivity contribution is 0.370. The molecule has 0 aliphatic heterocycles. The van der Waals surface area contributed by atoms with E-state index in [9.17, 15) is 0 Å². The van der Waals surface area contributed by atoms with Crippen LogP contribution in [0, 0.1) is 12.3 Å². The predicted molar refractivity (Wildman–Crippen MR) is 105 cm³/mol. The largest absolute Gasteiger partial charge is 0.481 e. The maximum Gasteiger partial charge on any atom is 0.360 e. The highest BCUT2D eigenvalue weighted by atomic mass is 16.5. The third-order valence-corrected chi connectivity index (χ3v) is 4.80. The second kappa shape index (κ2) is 7.45. The molecule has 1 aliphatic carbocycles. The van der Waals surface area contributed by atoms with E-state index in [0.29, 0.717) is 0 Å². The molecule has 1 aromatic heterocycles. The molecule has 0 atom stereocenters. The zero-order valence-corrected chi connectivity index (χ0v) is 14.7. The van der Waals surface area contributed by atoms with E-state index in [0.717, 1.165) is 35.7 Å².